The largest absolute Gasteiger partial charge is 0.198 e. The van der Waals surface area contributed by atoms with Gasteiger partial charge in [0.2, 0.25) is 0 Å². The van der Waals surface area contributed by atoms with E-state index in [0.29, 0.717) is 0 Å². The average molecular weight is 490 g/mol. The van der Waals surface area contributed by atoms with E-state index in [1.165, 1.54) is 180 Å². The normalized spacial score (nSPS) is 12.1. The lowest BCUT2D eigenvalue weighted by Gasteiger charge is -2.11. The highest BCUT2D eigenvalue weighted by molar-refractivity contribution is 4.67. The Morgan fingerprint density at radius 2 is 0.657 bits per heavy atom. The van der Waals surface area contributed by atoms with Gasteiger partial charge in [-0.25, -0.2) is 0 Å². The SMILES string of the molecule is CCCCCCCCCCC(C)CCCCCCCCCCCCCCCCCCCCCC#N. The molecule has 0 saturated carbocycles. The minimum atomic E-state index is 0.749. The van der Waals surface area contributed by atoms with Gasteiger partial charge < -0.3 is 0 Å². The minimum absolute atomic E-state index is 0.749. The van der Waals surface area contributed by atoms with Crippen LogP contribution in [0.2, 0.25) is 0 Å². The molecule has 0 radical (unpaired) electrons. The number of nitriles is 1. The first-order valence-corrected chi connectivity index (χ1v) is 16.7. The molecule has 0 aliphatic rings. The Labute approximate surface area is 223 Å². The van der Waals surface area contributed by atoms with Gasteiger partial charge in [0.15, 0.2) is 0 Å². The zero-order chi connectivity index (χ0) is 25.5. The summed E-state index contributed by atoms with van der Waals surface area (Å²) in [6, 6.07) is 2.24. The van der Waals surface area contributed by atoms with Crippen molar-refractivity contribution in [3.8, 4) is 6.07 Å². The molecule has 1 atom stereocenters. The van der Waals surface area contributed by atoms with E-state index in [2.05, 4.69) is 19.9 Å². The summed E-state index contributed by atoms with van der Waals surface area (Å²) in [6.45, 7) is 4.79. The smallest absolute Gasteiger partial charge is 0.0621 e. The summed E-state index contributed by atoms with van der Waals surface area (Å²) < 4.78 is 0. The Morgan fingerprint density at radius 3 is 0.943 bits per heavy atom. The maximum absolute atomic E-state index is 8.53. The van der Waals surface area contributed by atoms with Crippen LogP contribution in [0.3, 0.4) is 0 Å². The molecular formula is C34H67N. The van der Waals surface area contributed by atoms with Crippen molar-refractivity contribution >= 4 is 0 Å². The predicted octanol–water partition coefficient (Wildman–Crippen LogP) is 12.9. The zero-order valence-electron chi connectivity index (χ0n) is 24.7. The van der Waals surface area contributed by atoms with E-state index < -0.39 is 0 Å². The van der Waals surface area contributed by atoms with Gasteiger partial charge >= 0.3 is 0 Å². The van der Waals surface area contributed by atoms with E-state index in [1.807, 2.05) is 0 Å². The van der Waals surface area contributed by atoms with Gasteiger partial charge in [0.1, 0.15) is 0 Å². The van der Waals surface area contributed by atoms with Crippen molar-refractivity contribution in [2.45, 2.75) is 206 Å². The number of nitrogens with zero attached hydrogens (tertiary/aromatic N) is 1. The van der Waals surface area contributed by atoms with Crippen LogP contribution in [0, 0.1) is 17.2 Å². The van der Waals surface area contributed by atoms with Gasteiger partial charge in [-0.3, -0.25) is 0 Å². The molecule has 0 fully saturated rings. The van der Waals surface area contributed by atoms with Crippen molar-refractivity contribution in [3.63, 3.8) is 0 Å². The van der Waals surface area contributed by atoms with Crippen LogP contribution in [0.25, 0.3) is 0 Å². The second-order valence-corrected chi connectivity index (χ2v) is 11.8. The monoisotopic (exact) mass is 490 g/mol. The summed E-state index contributed by atoms with van der Waals surface area (Å²) >= 11 is 0. The van der Waals surface area contributed by atoms with Crippen molar-refractivity contribution in [3.05, 3.63) is 0 Å². The zero-order valence-corrected chi connectivity index (χ0v) is 24.7. The molecule has 0 aromatic rings. The van der Waals surface area contributed by atoms with Crippen LogP contribution >= 0.6 is 0 Å². The first-order valence-electron chi connectivity index (χ1n) is 16.7. The molecule has 0 rings (SSSR count). The van der Waals surface area contributed by atoms with Gasteiger partial charge in [-0.05, 0) is 12.3 Å². The molecule has 0 aliphatic heterocycles. The van der Waals surface area contributed by atoms with Crippen LogP contribution in [-0.2, 0) is 0 Å². The molecule has 1 heteroatoms. The Bertz CT molecular complexity index is 409. The third kappa shape index (κ3) is 31.5. The van der Waals surface area contributed by atoms with Gasteiger partial charge in [-0.1, -0.05) is 194 Å². The molecule has 0 aromatic heterocycles. The molecule has 208 valence electrons. The van der Waals surface area contributed by atoms with Crippen molar-refractivity contribution in [2.24, 2.45) is 5.92 Å². The van der Waals surface area contributed by atoms with Crippen LogP contribution in [0.1, 0.15) is 206 Å². The highest BCUT2D eigenvalue weighted by Crippen LogP contribution is 2.19. The van der Waals surface area contributed by atoms with Crippen molar-refractivity contribution in [1.29, 1.82) is 5.26 Å². The van der Waals surface area contributed by atoms with Crippen LogP contribution < -0.4 is 0 Å². The molecule has 0 amide bonds. The van der Waals surface area contributed by atoms with Gasteiger partial charge in [0.05, 0.1) is 6.07 Å². The molecule has 1 nitrogen and oxygen atoms in total. The summed E-state index contributed by atoms with van der Waals surface area (Å²) in [5, 5.41) is 8.53. The summed E-state index contributed by atoms with van der Waals surface area (Å²) in [5.74, 6) is 0.959. The lowest BCUT2D eigenvalue weighted by atomic mass is 9.95. The van der Waals surface area contributed by atoms with E-state index >= 15 is 0 Å². The van der Waals surface area contributed by atoms with Crippen LogP contribution in [0.15, 0.2) is 0 Å². The van der Waals surface area contributed by atoms with Crippen LogP contribution in [0.5, 0.6) is 0 Å². The summed E-state index contributed by atoms with van der Waals surface area (Å²) in [5.41, 5.74) is 0. The van der Waals surface area contributed by atoms with E-state index in [1.54, 1.807) is 0 Å². The molecule has 35 heavy (non-hydrogen) atoms. The molecule has 0 saturated heterocycles. The Balaban J connectivity index is 3.11. The van der Waals surface area contributed by atoms with Gasteiger partial charge in [-0.15, -0.1) is 0 Å². The van der Waals surface area contributed by atoms with E-state index in [-0.39, 0.29) is 0 Å². The van der Waals surface area contributed by atoms with E-state index in [9.17, 15) is 0 Å². The van der Waals surface area contributed by atoms with Crippen LogP contribution in [0.4, 0.5) is 0 Å². The first-order chi connectivity index (χ1) is 17.3. The number of hydrogen-bond acceptors (Lipinski definition) is 1. The van der Waals surface area contributed by atoms with Crippen molar-refractivity contribution < 1.29 is 0 Å². The second-order valence-electron chi connectivity index (χ2n) is 11.8. The quantitative estimate of drug-likeness (QED) is 0.0920. The third-order valence-electron chi connectivity index (χ3n) is 8.04. The van der Waals surface area contributed by atoms with Gasteiger partial charge in [0.25, 0.3) is 0 Å². The summed E-state index contributed by atoms with van der Waals surface area (Å²) in [6.07, 6.45) is 42.3. The maximum atomic E-state index is 8.53. The second kappa shape index (κ2) is 31.5. The van der Waals surface area contributed by atoms with E-state index in [4.69, 9.17) is 5.26 Å². The highest BCUT2D eigenvalue weighted by Gasteiger charge is 2.02. The lowest BCUT2D eigenvalue weighted by molar-refractivity contribution is 0.430. The fourth-order valence-electron chi connectivity index (χ4n) is 5.47. The highest BCUT2D eigenvalue weighted by atomic mass is 14.2. The van der Waals surface area contributed by atoms with Gasteiger partial charge in [-0.2, -0.15) is 5.26 Å². The number of unbranched alkanes of at least 4 members (excludes halogenated alkanes) is 26. The molecule has 0 bridgehead atoms. The fraction of sp³-hybridized carbons (Fsp3) is 0.971. The predicted molar refractivity (Wildman–Crippen MR) is 159 cm³/mol. The third-order valence-corrected chi connectivity index (χ3v) is 8.04. The minimum Gasteiger partial charge on any atom is -0.198 e. The molecule has 0 spiro atoms. The number of hydrogen-bond donors (Lipinski definition) is 0. The summed E-state index contributed by atoms with van der Waals surface area (Å²) in [4.78, 5) is 0. The molecule has 1 unspecified atom stereocenters. The standard InChI is InChI=1S/C34H67N/c1-3-4-5-6-7-22-25-28-31-34(2)32-29-26-23-20-18-16-14-12-10-8-9-11-13-15-17-19-21-24-27-30-33-35/h34H,3-32H2,1-2H3. The topological polar surface area (TPSA) is 23.8 Å². The number of rotatable bonds is 30. The molecular weight excluding hydrogens is 422 g/mol. The molecule has 0 N–H and O–H groups in total. The molecule has 0 aromatic carbocycles. The molecule has 0 aliphatic carbocycles. The van der Waals surface area contributed by atoms with Gasteiger partial charge in [0, 0.05) is 6.42 Å². The maximum Gasteiger partial charge on any atom is 0.0621 e. The Kier molecular flexibility index (Phi) is 31.1. The van der Waals surface area contributed by atoms with Crippen molar-refractivity contribution in [2.75, 3.05) is 0 Å². The first kappa shape index (κ1) is 34.5. The summed E-state index contributed by atoms with van der Waals surface area (Å²) in [7, 11) is 0. The van der Waals surface area contributed by atoms with E-state index in [0.717, 1.165) is 18.8 Å². The van der Waals surface area contributed by atoms with Crippen LogP contribution in [-0.4, -0.2) is 0 Å². The molecule has 0 heterocycles. The Hall–Kier alpha value is -0.510. The van der Waals surface area contributed by atoms with Crippen molar-refractivity contribution in [1.82, 2.24) is 0 Å². The lowest BCUT2D eigenvalue weighted by Crippen LogP contribution is -1.95. The fourth-order valence-corrected chi connectivity index (χ4v) is 5.47. The average Bonchev–Trinajstić information content (AvgIpc) is 2.86. The Morgan fingerprint density at radius 1 is 0.400 bits per heavy atom.